The van der Waals surface area contributed by atoms with Crippen molar-refractivity contribution < 1.29 is 22.0 Å². The van der Waals surface area contributed by atoms with Gasteiger partial charge in [-0.05, 0) is 29.8 Å². The Labute approximate surface area is 143 Å². The third-order valence-electron chi connectivity index (χ3n) is 3.82. The summed E-state index contributed by atoms with van der Waals surface area (Å²) in [6.07, 6.45) is 4.49. The van der Waals surface area contributed by atoms with Crippen LogP contribution in [0.1, 0.15) is 5.56 Å². The molecule has 3 rings (SSSR count). The molecule has 0 radical (unpaired) electrons. The molecule has 9 heteroatoms. The normalized spacial score (nSPS) is 18.3. The molecule has 0 N–H and O–H groups in total. The minimum atomic E-state index is -3.45. The molecule has 0 atom stereocenters. The number of hydrogen-bond donors (Lipinski definition) is 0. The Morgan fingerprint density at radius 3 is 2.76 bits per heavy atom. The quantitative estimate of drug-likeness (QED) is 0.810. The summed E-state index contributed by atoms with van der Waals surface area (Å²) in [5.41, 5.74) is 0.810. The molecular formula is C16H15F2N3O3S. The molecule has 2 heterocycles. The Hall–Kier alpha value is -2.55. The number of amides is 1. The van der Waals surface area contributed by atoms with E-state index in [-0.39, 0.29) is 30.6 Å². The van der Waals surface area contributed by atoms with Gasteiger partial charge in [-0.1, -0.05) is 6.07 Å². The molecule has 0 saturated heterocycles. The van der Waals surface area contributed by atoms with Crippen LogP contribution in [0.5, 0.6) is 0 Å². The van der Waals surface area contributed by atoms with Crippen LogP contribution in [0.4, 0.5) is 8.78 Å². The predicted octanol–water partition coefficient (Wildman–Crippen LogP) is 1.42. The van der Waals surface area contributed by atoms with Crippen LogP contribution in [-0.2, 0) is 21.4 Å². The van der Waals surface area contributed by atoms with E-state index in [1.54, 1.807) is 11.9 Å². The van der Waals surface area contributed by atoms with Gasteiger partial charge in [-0.15, -0.1) is 4.40 Å². The van der Waals surface area contributed by atoms with E-state index in [1.165, 1.54) is 29.3 Å². The number of rotatable bonds is 3. The van der Waals surface area contributed by atoms with Gasteiger partial charge in [0.1, 0.15) is 5.84 Å². The fourth-order valence-corrected chi connectivity index (χ4v) is 3.50. The highest BCUT2D eigenvalue weighted by molar-refractivity contribution is 7.90. The molecule has 1 aromatic rings. The molecule has 25 heavy (non-hydrogen) atoms. The van der Waals surface area contributed by atoms with Gasteiger partial charge in [-0.2, -0.15) is 0 Å². The number of fused-ring (bicyclic) bond motifs is 1. The van der Waals surface area contributed by atoms with E-state index < -0.39 is 21.7 Å². The smallest absolute Gasteiger partial charge is 0.256 e. The molecule has 1 aromatic carbocycles. The van der Waals surface area contributed by atoms with Gasteiger partial charge >= 0.3 is 0 Å². The third-order valence-corrected chi connectivity index (χ3v) is 4.99. The van der Waals surface area contributed by atoms with E-state index in [9.17, 15) is 22.0 Å². The average molecular weight is 367 g/mol. The Morgan fingerprint density at radius 2 is 2.04 bits per heavy atom. The zero-order valence-electron chi connectivity index (χ0n) is 13.3. The molecule has 132 valence electrons. The first-order valence-corrected chi connectivity index (χ1v) is 9.05. The number of sulfonamides is 1. The zero-order chi connectivity index (χ0) is 18.2. The zero-order valence-corrected chi connectivity index (χ0v) is 14.1. The van der Waals surface area contributed by atoms with Crippen LogP contribution in [-0.4, -0.2) is 49.3 Å². The van der Waals surface area contributed by atoms with Crippen molar-refractivity contribution >= 4 is 21.8 Å². The standard InChI is InChI=1S/C16H15F2N3O3S/c1-20(9-11-2-4-13(17)14(18)8-11)16(22)12-3-5-15-19-25(23,24)7-6-21(15)10-12/h2-5,8,10H,6-7,9H2,1H3. The topological polar surface area (TPSA) is 70.1 Å². The first-order chi connectivity index (χ1) is 11.7. The second kappa shape index (κ2) is 6.40. The van der Waals surface area contributed by atoms with E-state index in [0.717, 1.165) is 12.1 Å². The largest absolute Gasteiger partial charge is 0.337 e. The van der Waals surface area contributed by atoms with Crippen molar-refractivity contribution in [2.24, 2.45) is 4.40 Å². The van der Waals surface area contributed by atoms with E-state index in [2.05, 4.69) is 4.40 Å². The van der Waals surface area contributed by atoms with Crippen LogP contribution in [0, 0.1) is 11.6 Å². The van der Waals surface area contributed by atoms with Gasteiger partial charge in [-0.25, -0.2) is 17.2 Å². The molecule has 2 aliphatic heterocycles. The predicted molar refractivity (Wildman–Crippen MR) is 88.0 cm³/mol. The lowest BCUT2D eigenvalue weighted by atomic mass is 10.1. The molecular weight excluding hydrogens is 352 g/mol. The Kier molecular flexibility index (Phi) is 4.42. The maximum Gasteiger partial charge on any atom is 0.256 e. The summed E-state index contributed by atoms with van der Waals surface area (Å²) in [6, 6.07) is 3.47. The number of nitrogens with zero attached hydrogens (tertiary/aromatic N) is 3. The van der Waals surface area contributed by atoms with Crippen molar-refractivity contribution in [2.45, 2.75) is 6.54 Å². The highest BCUT2D eigenvalue weighted by Crippen LogP contribution is 2.18. The van der Waals surface area contributed by atoms with Crippen LogP contribution in [0.15, 0.2) is 46.5 Å². The fraction of sp³-hybridized carbons (Fsp3) is 0.250. The Balaban J connectivity index is 1.74. The minimum absolute atomic E-state index is 0.108. The molecule has 0 aliphatic carbocycles. The van der Waals surface area contributed by atoms with E-state index >= 15 is 0 Å². The number of halogens is 2. The van der Waals surface area contributed by atoms with E-state index in [1.807, 2.05) is 0 Å². The highest BCUT2D eigenvalue weighted by atomic mass is 32.2. The van der Waals surface area contributed by atoms with Crippen molar-refractivity contribution in [1.82, 2.24) is 9.80 Å². The minimum Gasteiger partial charge on any atom is -0.337 e. The number of likely N-dealkylation sites (N-methyl/N-ethyl adjacent to an activating group) is 1. The monoisotopic (exact) mass is 367 g/mol. The molecule has 0 fully saturated rings. The SMILES string of the molecule is CN(Cc1ccc(F)c(F)c1)C(=O)C1=CN2CCS(=O)(=O)N=C2C=C1. The summed E-state index contributed by atoms with van der Waals surface area (Å²) in [6.45, 7) is 0.325. The fourth-order valence-electron chi connectivity index (χ4n) is 2.53. The maximum absolute atomic E-state index is 13.3. The van der Waals surface area contributed by atoms with Crippen molar-refractivity contribution in [3.8, 4) is 0 Å². The van der Waals surface area contributed by atoms with Gasteiger partial charge in [0.05, 0.1) is 11.3 Å². The molecule has 0 bridgehead atoms. The molecule has 0 saturated carbocycles. The van der Waals surface area contributed by atoms with E-state index in [0.29, 0.717) is 11.1 Å². The van der Waals surface area contributed by atoms with Gasteiger partial charge < -0.3 is 9.80 Å². The van der Waals surface area contributed by atoms with Gasteiger partial charge in [0, 0.05) is 26.3 Å². The molecule has 2 aliphatic rings. The Bertz CT molecular complexity index is 923. The van der Waals surface area contributed by atoms with Gasteiger partial charge in [0.25, 0.3) is 15.9 Å². The summed E-state index contributed by atoms with van der Waals surface area (Å²) >= 11 is 0. The number of hydrogen-bond acceptors (Lipinski definition) is 4. The lowest BCUT2D eigenvalue weighted by Crippen LogP contribution is -2.38. The van der Waals surface area contributed by atoms with Crippen LogP contribution < -0.4 is 0 Å². The average Bonchev–Trinajstić information content (AvgIpc) is 2.56. The summed E-state index contributed by atoms with van der Waals surface area (Å²) in [7, 11) is -1.91. The summed E-state index contributed by atoms with van der Waals surface area (Å²) in [4.78, 5) is 15.5. The third kappa shape index (κ3) is 3.76. The van der Waals surface area contributed by atoms with Crippen LogP contribution >= 0.6 is 0 Å². The lowest BCUT2D eigenvalue weighted by Gasteiger charge is -2.28. The molecule has 0 spiro atoms. The second-order valence-electron chi connectivity index (χ2n) is 5.76. The van der Waals surface area contributed by atoms with Gasteiger partial charge in [-0.3, -0.25) is 4.79 Å². The van der Waals surface area contributed by atoms with Crippen LogP contribution in [0.2, 0.25) is 0 Å². The molecule has 6 nitrogen and oxygen atoms in total. The highest BCUT2D eigenvalue weighted by Gasteiger charge is 2.25. The second-order valence-corrected chi connectivity index (χ2v) is 7.51. The maximum atomic E-state index is 13.3. The molecule has 0 unspecified atom stereocenters. The first kappa shape index (κ1) is 17.3. The first-order valence-electron chi connectivity index (χ1n) is 7.44. The molecule has 1 amide bonds. The van der Waals surface area contributed by atoms with Crippen molar-refractivity contribution in [3.05, 3.63) is 59.3 Å². The lowest BCUT2D eigenvalue weighted by molar-refractivity contribution is -0.126. The number of amidine groups is 1. The van der Waals surface area contributed by atoms with Gasteiger partial charge in [0.2, 0.25) is 0 Å². The summed E-state index contributed by atoms with van der Waals surface area (Å²) in [5, 5.41) is 0. The van der Waals surface area contributed by atoms with Crippen molar-refractivity contribution in [3.63, 3.8) is 0 Å². The van der Waals surface area contributed by atoms with Crippen molar-refractivity contribution in [2.75, 3.05) is 19.3 Å². The van der Waals surface area contributed by atoms with Crippen LogP contribution in [0.25, 0.3) is 0 Å². The van der Waals surface area contributed by atoms with Crippen LogP contribution in [0.3, 0.4) is 0 Å². The van der Waals surface area contributed by atoms with E-state index in [4.69, 9.17) is 0 Å². The summed E-state index contributed by atoms with van der Waals surface area (Å²) < 4.78 is 52.8. The Morgan fingerprint density at radius 1 is 1.28 bits per heavy atom. The number of benzene rings is 1. The molecule has 0 aromatic heterocycles. The van der Waals surface area contributed by atoms with Crippen molar-refractivity contribution in [1.29, 1.82) is 0 Å². The number of carbonyl (C=O) groups is 1. The summed E-state index contributed by atoms with van der Waals surface area (Å²) in [5.74, 6) is -2.08. The van der Waals surface area contributed by atoms with Gasteiger partial charge in [0.15, 0.2) is 11.6 Å². The number of carbonyl (C=O) groups excluding carboxylic acids is 1.